The normalized spacial score (nSPS) is 16.6. The lowest BCUT2D eigenvalue weighted by Crippen LogP contribution is -2.45. The Balaban J connectivity index is 1.52. The van der Waals surface area contributed by atoms with Crippen LogP contribution in [0, 0.1) is 5.92 Å². The molecule has 3 aromatic rings. The van der Waals surface area contributed by atoms with E-state index in [1.54, 1.807) is 7.11 Å². The first-order valence-corrected chi connectivity index (χ1v) is 12.7. The standard InChI is InChI=1S/C28H38N4O2/c1-4-6-18-31(5-2)28(33)23-10-9-17-30(20-23)21-27-29-25-11-7-8-12-26(25)32(27)19-22-13-15-24(34-3)16-14-22/h7-8,11-16,23H,4-6,9-10,17-21H2,1-3H3/t23-/m0/s1. The third-order valence-corrected chi connectivity index (χ3v) is 6.93. The summed E-state index contributed by atoms with van der Waals surface area (Å²) in [5, 5.41) is 0. The topological polar surface area (TPSA) is 50.6 Å². The van der Waals surface area contributed by atoms with Crippen LogP contribution < -0.4 is 4.74 Å². The molecule has 1 atom stereocenters. The summed E-state index contributed by atoms with van der Waals surface area (Å²) >= 11 is 0. The Morgan fingerprint density at radius 3 is 2.65 bits per heavy atom. The van der Waals surface area contributed by atoms with Crippen LogP contribution in [0.4, 0.5) is 0 Å². The Morgan fingerprint density at radius 1 is 1.12 bits per heavy atom. The minimum Gasteiger partial charge on any atom is -0.497 e. The van der Waals surface area contributed by atoms with Crippen molar-refractivity contribution in [2.24, 2.45) is 5.92 Å². The number of likely N-dealkylation sites (tertiary alicyclic amines) is 1. The number of para-hydroxylation sites is 2. The Hall–Kier alpha value is -2.86. The first kappa shape index (κ1) is 24.3. The predicted octanol–water partition coefficient (Wildman–Crippen LogP) is 4.95. The molecule has 1 aromatic heterocycles. The van der Waals surface area contributed by atoms with Crippen molar-refractivity contribution in [3.8, 4) is 5.75 Å². The molecular weight excluding hydrogens is 424 g/mol. The zero-order valence-electron chi connectivity index (χ0n) is 20.9. The van der Waals surface area contributed by atoms with Gasteiger partial charge in [0.2, 0.25) is 5.91 Å². The minimum atomic E-state index is 0.0879. The summed E-state index contributed by atoms with van der Waals surface area (Å²) in [7, 11) is 1.69. The van der Waals surface area contributed by atoms with E-state index in [0.29, 0.717) is 5.91 Å². The van der Waals surface area contributed by atoms with E-state index in [1.165, 1.54) is 5.56 Å². The number of ether oxygens (including phenoxy) is 1. The van der Waals surface area contributed by atoms with Crippen LogP contribution in [0.3, 0.4) is 0 Å². The number of carbonyl (C=O) groups is 1. The molecule has 0 spiro atoms. The molecule has 0 saturated carbocycles. The molecule has 1 amide bonds. The van der Waals surface area contributed by atoms with Gasteiger partial charge >= 0.3 is 0 Å². The van der Waals surface area contributed by atoms with Gasteiger partial charge in [-0.3, -0.25) is 9.69 Å². The smallest absolute Gasteiger partial charge is 0.226 e. The number of benzene rings is 2. The largest absolute Gasteiger partial charge is 0.497 e. The number of carbonyl (C=O) groups excluding carboxylic acids is 1. The fourth-order valence-corrected chi connectivity index (χ4v) is 4.97. The number of rotatable bonds is 10. The Labute approximate surface area is 203 Å². The monoisotopic (exact) mass is 462 g/mol. The fraction of sp³-hybridized carbons (Fsp3) is 0.500. The van der Waals surface area contributed by atoms with E-state index in [-0.39, 0.29) is 5.92 Å². The molecule has 1 fully saturated rings. The molecule has 2 heterocycles. The van der Waals surface area contributed by atoms with E-state index < -0.39 is 0 Å². The highest BCUT2D eigenvalue weighted by molar-refractivity contribution is 5.79. The van der Waals surface area contributed by atoms with Gasteiger partial charge in [0.05, 0.1) is 30.6 Å². The lowest BCUT2D eigenvalue weighted by Gasteiger charge is -2.34. The molecule has 0 bridgehead atoms. The molecule has 0 aliphatic carbocycles. The van der Waals surface area contributed by atoms with Gasteiger partial charge in [-0.2, -0.15) is 0 Å². The summed E-state index contributed by atoms with van der Waals surface area (Å²) in [6, 6.07) is 16.6. The van der Waals surface area contributed by atoms with Crippen molar-refractivity contribution in [3.05, 3.63) is 59.9 Å². The molecule has 1 saturated heterocycles. The molecule has 182 valence electrons. The Kier molecular flexibility index (Phi) is 8.22. The van der Waals surface area contributed by atoms with E-state index in [9.17, 15) is 4.79 Å². The van der Waals surface area contributed by atoms with Gasteiger partial charge in [-0.15, -0.1) is 0 Å². The van der Waals surface area contributed by atoms with Crippen LogP contribution in [-0.4, -0.2) is 58.5 Å². The van der Waals surface area contributed by atoms with Crippen LogP contribution in [-0.2, 0) is 17.9 Å². The van der Waals surface area contributed by atoms with E-state index in [2.05, 4.69) is 58.5 Å². The maximum absolute atomic E-state index is 13.2. The first-order valence-electron chi connectivity index (χ1n) is 12.7. The van der Waals surface area contributed by atoms with Gasteiger partial charge in [-0.25, -0.2) is 4.98 Å². The number of aromatic nitrogens is 2. The second kappa shape index (κ2) is 11.5. The maximum Gasteiger partial charge on any atom is 0.226 e. The molecule has 2 aromatic carbocycles. The third kappa shape index (κ3) is 5.61. The number of amides is 1. The summed E-state index contributed by atoms with van der Waals surface area (Å²) < 4.78 is 7.64. The average Bonchev–Trinajstić information content (AvgIpc) is 3.21. The van der Waals surface area contributed by atoms with Gasteiger partial charge < -0.3 is 14.2 Å². The molecule has 6 heteroatoms. The fourth-order valence-electron chi connectivity index (χ4n) is 4.97. The van der Waals surface area contributed by atoms with Crippen molar-refractivity contribution in [2.45, 2.75) is 52.6 Å². The van der Waals surface area contributed by atoms with Crippen molar-refractivity contribution >= 4 is 16.9 Å². The van der Waals surface area contributed by atoms with Gasteiger partial charge in [0.1, 0.15) is 11.6 Å². The van der Waals surface area contributed by atoms with Gasteiger partial charge in [0.15, 0.2) is 0 Å². The van der Waals surface area contributed by atoms with E-state index in [4.69, 9.17) is 9.72 Å². The summed E-state index contributed by atoms with van der Waals surface area (Å²) in [6.07, 6.45) is 4.23. The van der Waals surface area contributed by atoms with E-state index >= 15 is 0 Å². The van der Waals surface area contributed by atoms with Crippen molar-refractivity contribution < 1.29 is 9.53 Å². The van der Waals surface area contributed by atoms with Crippen LogP contribution in [0.1, 0.15) is 50.9 Å². The lowest BCUT2D eigenvalue weighted by molar-refractivity contribution is -0.137. The summed E-state index contributed by atoms with van der Waals surface area (Å²) in [6.45, 7) is 9.29. The second-order valence-corrected chi connectivity index (χ2v) is 9.30. The number of imidazole rings is 1. The number of unbranched alkanes of at least 4 members (excludes halogenated alkanes) is 1. The molecule has 0 radical (unpaired) electrons. The van der Waals surface area contributed by atoms with Crippen LogP contribution >= 0.6 is 0 Å². The van der Waals surface area contributed by atoms with E-state index in [0.717, 1.165) is 87.6 Å². The highest BCUT2D eigenvalue weighted by Crippen LogP contribution is 2.24. The first-order chi connectivity index (χ1) is 16.6. The molecule has 1 aliphatic rings. The van der Waals surface area contributed by atoms with Crippen molar-refractivity contribution in [3.63, 3.8) is 0 Å². The highest BCUT2D eigenvalue weighted by Gasteiger charge is 2.29. The number of fused-ring (bicyclic) bond motifs is 1. The maximum atomic E-state index is 13.2. The molecule has 0 unspecified atom stereocenters. The average molecular weight is 463 g/mol. The molecular formula is C28H38N4O2. The predicted molar refractivity (Wildman–Crippen MR) is 137 cm³/mol. The molecule has 0 N–H and O–H groups in total. The van der Waals surface area contributed by atoms with E-state index in [1.807, 2.05) is 18.2 Å². The zero-order valence-corrected chi connectivity index (χ0v) is 20.9. The van der Waals surface area contributed by atoms with Crippen LogP contribution in [0.2, 0.25) is 0 Å². The lowest BCUT2D eigenvalue weighted by atomic mass is 9.96. The summed E-state index contributed by atoms with van der Waals surface area (Å²) in [5.74, 6) is 2.34. The summed E-state index contributed by atoms with van der Waals surface area (Å²) in [4.78, 5) is 22.7. The quantitative estimate of drug-likeness (QED) is 0.428. The second-order valence-electron chi connectivity index (χ2n) is 9.30. The number of hydrogen-bond acceptors (Lipinski definition) is 4. The van der Waals surface area contributed by atoms with Gasteiger partial charge in [-0.1, -0.05) is 37.6 Å². The van der Waals surface area contributed by atoms with Crippen molar-refractivity contribution in [1.29, 1.82) is 0 Å². The van der Waals surface area contributed by atoms with Crippen LogP contribution in [0.15, 0.2) is 48.5 Å². The molecule has 1 aliphatic heterocycles. The third-order valence-electron chi connectivity index (χ3n) is 6.93. The zero-order chi connectivity index (χ0) is 23.9. The van der Waals surface area contributed by atoms with Gasteiger partial charge in [0.25, 0.3) is 0 Å². The van der Waals surface area contributed by atoms with Crippen molar-refractivity contribution in [1.82, 2.24) is 19.4 Å². The molecule has 6 nitrogen and oxygen atoms in total. The Morgan fingerprint density at radius 2 is 1.91 bits per heavy atom. The number of piperidine rings is 1. The highest BCUT2D eigenvalue weighted by atomic mass is 16.5. The summed E-state index contributed by atoms with van der Waals surface area (Å²) in [5.41, 5.74) is 3.38. The van der Waals surface area contributed by atoms with Crippen LogP contribution in [0.25, 0.3) is 11.0 Å². The number of nitrogens with zero attached hydrogens (tertiary/aromatic N) is 4. The SMILES string of the molecule is CCCCN(CC)C(=O)[C@H]1CCCN(Cc2nc3ccccc3n2Cc2ccc(OC)cc2)C1. The minimum absolute atomic E-state index is 0.0879. The molecule has 4 rings (SSSR count). The number of hydrogen-bond donors (Lipinski definition) is 0. The van der Waals surface area contributed by atoms with Gasteiger partial charge in [-0.05, 0) is 62.6 Å². The Bertz CT molecular complexity index is 1080. The van der Waals surface area contributed by atoms with Crippen LogP contribution in [0.5, 0.6) is 5.75 Å². The van der Waals surface area contributed by atoms with Gasteiger partial charge in [0, 0.05) is 26.2 Å². The van der Waals surface area contributed by atoms with Crippen molar-refractivity contribution in [2.75, 3.05) is 33.3 Å². The molecule has 34 heavy (non-hydrogen) atoms. The number of methoxy groups -OCH3 is 1.